The highest BCUT2D eigenvalue weighted by Gasteiger charge is 2.23. The molecule has 1 saturated heterocycles. The second kappa shape index (κ2) is 9.36. The molecule has 1 aliphatic heterocycles. The molecule has 1 amide bonds. The normalized spacial score (nSPS) is 15.8. The minimum Gasteiger partial charge on any atom is -0.339 e. The Kier molecular flexibility index (Phi) is 8.15. The number of nitrogens with one attached hydrogen (secondary N) is 2. The molecular weight excluding hydrogens is 350 g/mol. The van der Waals surface area contributed by atoms with E-state index in [1.165, 1.54) is 19.2 Å². The highest BCUT2D eigenvalue weighted by molar-refractivity contribution is 7.89. The number of likely N-dealkylation sites (tertiary alicyclic amines) is 1. The Labute approximate surface area is 150 Å². The van der Waals surface area contributed by atoms with E-state index in [4.69, 9.17) is 0 Å². The third-order valence-corrected chi connectivity index (χ3v) is 5.70. The van der Waals surface area contributed by atoms with Crippen molar-refractivity contribution in [2.45, 2.75) is 24.7 Å². The number of carbonyl (C=O) groups excluding carboxylic acids is 1. The van der Waals surface area contributed by atoms with E-state index < -0.39 is 10.0 Å². The molecule has 0 spiro atoms. The summed E-state index contributed by atoms with van der Waals surface area (Å²) in [5.41, 5.74) is 0.533. The average Bonchev–Trinajstić information content (AvgIpc) is 2.60. The van der Waals surface area contributed by atoms with Gasteiger partial charge >= 0.3 is 0 Å². The summed E-state index contributed by atoms with van der Waals surface area (Å²) in [6.07, 6.45) is 2.01. The van der Waals surface area contributed by atoms with Gasteiger partial charge in [0.1, 0.15) is 0 Å². The molecule has 1 aromatic rings. The largest absolute Gasteiger partial charge is 0.339 e. The lowest BCUT2D eigenvalue weighted by Gasteiger charge is -2.32. The standard InChI is InChI=1S/C16H25N3O3S.ClH/c1-3-18-12-13-8-10-19(11-9-13)16(20)14-4-6-15(7-5-14)23(21,22)17-2;/h4-7,13,17-18H,3,8-12H2,1-2H3;1H. The second-order valence-corrected chi connectivity index (χ2v) is 7.66. The van der Waals surface area contributed by atoms with Gasteiger partial charge in [0.15, 0.2) is 0 Å². The van der Waals surface area contributed by atoms with Crippen LogP contribution in [0.1, 0.15) is 30.1 Å². The molecule has 2 rings (SSSR count). The molecule has 0 radical (unpaired) electrons. The van der Waals surface area contributed by atoms with Crippen LogP contribution in [0, 0.1) is 5.92 Å². The number of carbonyl (C=O) groups is 1. The highest BCUT2D eigenvalue weighted by Crippen LogP contribution is 2.19. The topological polar surface area (TPSA) is 78.5 Å². The van der Waals surface area contributed by atoms with Gasteiger partial charge in [0.05, 0.1) is 4.90 Å². The summed E-state index contributed by atoms with van der Waals surface area (Å²) < 4.78 is 25.6. The monoisotopic (exact) mass is 375 g/mol. The minimum atomic E-state index is -3.46. The first-order valence-electron chi connectivity index (χ1n) is 8.01. The maximum absolute atomic E-state index is 12.5. The average molecular weight is 376 g/mol. The lowest BCUT2D eigenvalue weighted by atomic mass is 9.96. The molecule has 1 heterocycles. The molecular formula is C16H26ClN3O3S. The number of rotatable bonds is 6. The Morgan fingerprint density at radius 3 is 2.29 bits per heavy atom. The lowest BCUT2D eigenvalue weighted by Crippen LogP contribution is -2.40. The Hall–Kier alpha value is -1.15. The summed E-state index contributed by atoms with van der Waals surface area (Å²) in [4.78, 5) is 14.5. The molecule has 1 fully saturated rings. The summed E-state index contributed by atoms with van der Waals surface area (Å²) in [6.45, 7) is 5.59. The van der Waals surface area contributed by atoms with Crippen LogP contribution in [0.5, 0.6) is 0 Å². The molecule has 0 atom stereocenters. The first-order chi connectivity index (χ1) is 11.0. The zero-order chi connectivity index (χ0) is 16.9. The fourth-order valence-corrected chi connectivity index (χ4v) is 3.50. The highest BCUT2D eigenvalue weighted by atomic mass is 35.5. The maximum atomic E-state index is 12.5. The van der Waals surface area contributed by atoms with Crippen molar-refractivity contribution in [1.82, 2.24) is 14.9 Å². The quantitative estimate of drug-likeness (QED) is 0.789. The lowest BCUT2D eigenvalue weighted by molar-refractivity contribution is 0.0690. The summed E-state index contributed by atoms with van der Waals surface area (Å²) in [6, 6.07) is 6.10. The maximum Gasteiger partial charge on any atom is 0.253 e. The summed E-state index contributed by atoms with van der Waals surface area (Å²) >= 11 is 0. The number of nitrogens with zero attached hydrogens (tertiary/aromatic N) is 1. The fraction of sp³-hybridized carbons (Fsp3) is 0.562. The first kappa shape index (κ1) is 20.9. The third kappa shape index (κ3) is 5.17. The predicted molar refractivity (Wildman–Crippen MR) is 97.1 cm³/mol. The van der Waals surface area contributed by atoms with Crippen molar-refractivity contribution >= 4 is 28.3 Å². The number of piperidine rings is 1. The van der Waals surface area contributed by atoms with Crippen LogP contribution in [0.2, 0.25) is 0 Å². The van der Waals surface area contributed by atoms with Gasteiger partial charge in [-0.3, -0.25) is 4.79 Å². The number of benzene rings is 1. The van der Waals surface area contributed by atoms with E-state index in [0.717, 1.165) is 39.0 Å². The molecule has 136 valence electrons. The van der Waals surface area contributed by atoms with Crippen molar-refractivity contribution in [1.29, 1.82) is 0 Å². The number of amides is 1. The van der Waals surface area contributed by atoms with Crippen molar-refractivity contribution < 1.29 is 13.2 Å². The fourth-order valence-electron chi connectivity index (χ4n) is 2.77. The molecule has 0 aliphatic carbocycles. The Balaban J connectivity index is 0.00000288. The van der Waals surface area contributed by atoms with Gasteiger partial charge in [0.25, 0.3) is 5.91 Å². The molecule has 1 aromatic carbocycles. The molecule has 8 heteroatoms. The predicted octanol–water partition coefficient (Wildman–Crippen LogP) is 1.48. The Morgan fingerprint density at radius 1 is 1.21 bits per heavy atom. The van der Waals surface area contributed by atoms with Crippen LogP contribution < -0.4 is 10.0 Å². The van der Waals surface area contributed by atoms with Gasteiger partial charge in [-0.15, -0.1) is 12.4 Å². The van der Waals surface area contributed by atoms with Crippen molar-refractivity contribution in [3.05, 3.63) is 29.8 Å². The summed E-state index contributed by atoms with van der Waals surface area (Å²) in [5.74, 6) is 0.599. The first-order valence-corrected chi connectivity index (χ1v) is 9.50. The zero-order valence-electron chi connectivity index (χ0n) is 14.1. The Morgan fingerprint density at radius 2 is 1.79 bits per heavy atom. The van der Waals surface area contributed by atoms with Gasteiger partial charge in [0.2, 0.25) is 10.0 Å². The molecule has 0 aromatic heterocycles. The number of hydrogen-bond acceptors (Lipinski definition) is 4. The van der Waals surface area contributed by atoms with Gasteiger partial charge in [-0.1, -0.05) is 6.92 Å². The van der Waals surface area contributed by atoms with Gasteiger partial charge in [0, 0.05) is 18.7 Å². The van der Waals surface area contributed by atoms with Crippen molar-refractivity contribution in [3.63, 3.8) is 0 Å². The van der Waals surface area contributed by atoms with Gasteiger partial charge in [-0.05, 0) is 63.2 Å². The van der Waals surface area contributed by atoms with Crippen LogP contribution in [0.4, 0.5) is 0 Å². The van der Waals surface area contributed by atoms with Crippen molar-refractivity contribution in [2.24, 2.45) is 5.92 Å². The van der Waals surface area contributed by atoms with Crippen LogP contribution in [0.3, 0.4) is 0 Å². The van der Waals surface area contributed by atoms with E-state index in [-0.39, 0.29) is 23.2 Å². The van der Waals surface area contributed by atoms with Gasteiger partial charge < -0.3 is 10.2 Å². The van der Waals surface area contributed by atoms with E-state index in [9.17, 15) is 13.2 Å². The van der Waals surface area contributed by atoms with E-state index in [0.29, 0.717) is 11.5 Å². The van der Waals surface area contributed by atoms with Crippen molar-refractivity contribution in [2.75, 3.05) is 33.2 Å². The van der Waals surface area contributed by atoms with Crippen LogP contribution in [-0.4, -0.2) is 52.5 Å². The van der Waals surface area contributed by atoms with Crippen LogP contribution in [0.25, 0.3) is 0 Å². The molecule has 0 bridgehead atoms. The molecule has 24 heavy (non-hydrogen) atoms. The van der Waals surface area contributed by atoms with E-state index in [2.05, 4.69) is 17.0 Å². The molecule has 2 N–H and O–H groups in total. The van der Waals surface area contributed by atoms with E-state index >= 15 is 0 Å². The zero-order valence-corrected chi connectivity index (χ0v) is 15.8. The van der Waals surface area contributed by atoms with Crippen LogP contribution in [-0.2, 0) is 10.0 Å². The van der Waals surface area contributed by atoms with Crippen molar-refractivity contribution in [3.8, 4) is 0 Å². The number of halogens is 1. The summed E-state index contributed by atoms with van der Waals surface area (Å²) in [5, 5.41) is 3.35. The van der Waals surface area contributed by atoms with E-state index in [1.807, 2.05) is 4.90 Å². The van der Waals surface area contributed by atoms with Crippen LogP contribution in [0.15, 0.2) is 29.2 Å². The smallest absolute Gasteiger partial charge is 0.253 e. The SMILES string of the molecule is CCNCC1CCN(C(=O)c2ccc(S(=O)(=O)NC)cc2)CC1.Cl. The molecule has 0 saturated carbocycles. The molecule has 6 nitrogen and oxygen atoms in total. The number of sulfonamides is 1. The second-order valence-electron chi connectivity index (χ2n) is 5.78. The van der Waals surface area contributed by atoms with Gasteiger partial charge in [-0.2, -0.15) is 0 Å². The van der Waals surface area contributed by atoms with E-state index in [1.54, 1.807) is 12.1 Å². The minimum absolute atomic E-state index is 0. The summed E-state index contributed by atoms with van der Waals surface area (Å²) in [7, 11) is -2.10. The molecule has 0 unspecified atom stereocenters. The number of hydrogen-bond donors (Lipinski definition) is 2. The third-order valence-electron chi connectivity index (χ3n) is 4.27. The van der Waals surface area contributed by atoms with Crippen LogP contribution >= 0.6 is 12.4 Å². The van der Waals surface area contributed by atoms with Gasteiger partial charge in [-0.25, -0.2) is 13.1 Å². The molecule has 1 aliphatic rings. The Bertz CT molecular complexity index is 626.